The number of nitrogens with one attached hydrogen (secondary N) is 1. The SMILES string of the molecule is CP(C)(=O)c1ccc(/C=C/c2ccc(C[C@H](NC(=O)OCc3ccccc3)[C@H]3CO3)cc2)cc1. The summed E-state index contributed by atoms with van der Waals surface area (Å²) in [4.78, 5) is 12.3. The maximum Gasteiger partial charge on any atom is 0.407 e. The van der Waals surface area contributed by atoms with Gasteiger partial charge in [0.05, 0.1) is 12.6 Å². The Bertz CT molecular complexity index is 1160. The van der Waals surface area contributed by atoms with Crippen LogP contribution >= 0.6 is 7.14 Å². The van der Waals surface area contributed by atoms with E-state index in [1.165, 1.54) is 0 Å². The summed E-state index contributed by atoms with van der Waals surface area (Å²) in [5, 5.41) is 3.84. The van der Waals surface area contributed by atoms with Crippen molar-refractivity contribution >= 4 is 30.7 Å². The van der Waals surface area contributed by atoms with E-state index in [2.05, 4.69) is 35.7 Å². The van der Waals surface area contributed by atoms with Crippen LogP contribution in [0.25, 0.3) is 12.2 Å². The van der Waals surface area contributed by atoms with E-state index in [1.54, 1.807) is 13.3 Å². The van der Waals surface area contributed by atoms with Crippen molar-refractivity contribution in [1.29, 1.82) is 0 Å². The minimum absolute atomic E-state index is 0.0216. The van der Waals surface area contributed by atoms with Crippen LogP contribution in [0.2, 0.25) is 0 Å². The second-order valence-corrected chi connectivity index (χ2v) is 12.1. The first kappa shape index (κ1) is 24.0. The summed E-state index contributed by atoms with van der Waals surface area (Å²) in [5.74, 6) is 0. The van der Waals surface area contributed by atoms with Crippen LogP contribution in [0.1, 0.15) is 22.3 Å². The number of ether oxygens (including phenoxy) is 2. The molecule has 0 saturated carbocycles. The van der Waals surface area contributed by atoms with Crippen molar-refractivity contribution in [2.75, 3.05) is 19.9 Å². The molecule has 0 bridgehead atoms. The van der Waals surface area contributed by atoms with Gasteiger partial charge in [0.1, 0.15) is 19.9 Å². The molecule has 0 aliphatic carbocycles. The number of hydrogen-bond donors (Lipinski definition) is 1. The molecule has 0 aromatic heterocycles. The molecule has 4 rings (SSSR count). The smallest absolute Gasteiger partial charge is 0.407 e. The molecule has 1 fully saturated rings. The fraction of sp³-hybridized carbons (Fsp3) is 0.250. The lowest BCUT2D eigenvalue weighted by Gasteiger charge is -2.17. The zero-order chi connectivity index (χ0) is 24.0. The van der Waals surface area contributed by atoms with E-state index in [9.17, 15) is 9.36 Å². The zero-order valence-electron chi connectivity index (χ0n) is 19.5. The van der Waals surface area contributed by atoms with Crippen molar-refractivity contribution in [3.8, 4) is 0 Å². The van der Waals surface area contributed by atoms with E-state index in [1.807, 2.05) is 60.7 Å². The van der Waals surface area contributed by atoms with Crippen LogP contribution in [0.5, 0.6) is 0 Å². The number of amides is 1. The van der Waals surface area contributed by atoms with Gasteiger partial charge >= 0.3 is 6.09 Å². The lowest BCUT2D eigenvalue weighted by atomic mass is 10.0. The second-order valence-electron chi connectivity index (χ2n) is 8.91. The molecule has 34 heavy (non-hydrogen) atoms. The van der Waals surface area contributed by atoms with E-state index >= 15 is 0 Å². The van der Waals surface area contributed by atoms with Gasteiger partial charge in [-0.05, 0) is 42.0 Å². The van der Waals surface area contributed by atoms with Crippen molar-refractivity contribution < 1.29 is 18.8 Å². The van der Waals surface area contributed by atoms with Gasteiger partial charge in [-0.1, -0.05) is 91.0 Å². The molecule has 1 saturated heterocycles. The molecule has 6 heteroatoms. The Morgan fingerprint density at radius 3 is 2.12 bits per heavy atom. The number of epoxide rings is 1. The summed E-state index contributed by atoms with van der Waals surface area (Å²) in [6.07, 6.45) is 4.35. The summed E-state index contributed by atoms with van der Waals surface area (Å²) in [7, 11) is -2.23. The largest absolute Gasteiger partial charge is 0.445 e. The highest BCUT2D eigenvalue weighted by Gasteiger charge is 2.34. The molecule has 1 amide bonds. The molecule has 3 aromatic rings. The first-order chi connectivity index (χ1) is 16.4. The van der Waals surface area contributed by atoms with Crippen molar-refractivity contribution in [1.82, 2.24) is 5.32 Å². The number of carbonyl (C=O) groups is 1. The topological polar surface area (TPSA) is 67.9 Å². The van der Waals surface area contributed by atoms with Crippen LogP contribution in [0.4, 0.5) is 4.79 Å². The van der Waals surface area contributed by atoms with Gasteiger partial charge in [0.2, 0.25) is 0 Å². The predicted octanol–water partition coefficient (Wildman–Crippen LogP) is 5.34. The third-order valence-corrected chi connectivity index (χ3v) is 7.28. The Hall–Kier alpha value is -3.14. The van der Waals surface area contributed by atoms with Gasteiger partial charge in [-0.15, -0.1) is 0 Å². The van der Waals surface area contributed by atoms with Crippen molar-refractivity contribution in [3.63, 3.8) is 0 Å². The third-order valence-electron chi connectivity index (χ3n) is 5.74. The van der Waals surface area contributed by atoms with E-state index in [0.29, 0.717) is 13.0 Å². The number of benzene rings is 3. The van der Waals surface area contributed by atoms with Crippen LogP contribution < -0.4 is 10.6 Å². The van der Waals surface area contributed by atoms with Gasteiger partial charge in [-0.2, -0.15) is 0 Å². The number of alkyl carbamates (subject to hydrolysis) is 1. The summed E-state index contributed by atoms with van der Waals surface area (Å²) in [6.45, 7) is 4.45. The molecular weight excluding hydrogens is 445 g/mol. The minimum atomic E-state index is -2.23. The fourth-order valence-electron chi connectivity index (χ4n) is 3.64. The van der Waals surface area contributed by atoms with Crippen molar-refractivity contribution in [2.24, 2.45) is 0 Å². The summed E-state index contributed by atoms with van der Waals surface area (Å²) >= 11 is 0. The molecule has 0 spiro atoms. The monoisotopic (exact) mass is 475 g/mol. The van der Waals surface area contributed by atoms with Crippen LogP contribution in [0.15, 0.2) is 78.9 Å². The van der Waals surface area contributed by atoms with Gasteiger partial charge in [0.25, 0.3) is 0 Å². The molecule has 0 unspecified atom stereocenters. The first-order valence-corrected chi connectivity index (χ1v) is 14.0. The first-order valence-electron chi connectivity index (χ1n) is 11.4. The maximum atomic E-state index is 12.3. The highest BCUT2D eigenvalue weighted by molar-refractivity contribution is 7.70. The molecule has 2 atom stereocenters. The van der Waals surface area contributed by atoms with Crippen LogP contribution in [0.3, 0.4) is 0 Å². The molecule has 5 nitrogen and oxygen atoms in total. The Labute approximate surface area is 201 Å². The van der Waals surface area contributed by atoms with Crippen molar-refractivity contribution in [2.45, 2.75) is 25.2 Å². The predicted molar refractivity (Wildman–Crippen MR) is 138 cm³/mol. The Balaban J connectivity index is 1.31. The van der Waals surface area contributed by atoms with Gasteiger partial charge in [-0.25, -0.2) is 4.79 Å². The van der Waals surface area contributed by atoms with Crippen LogP contribution in [-0.4, -0.2) is 38.2 Å². The zero-order valence-corrected chi connectivity index (χ0v) is 20.4. The summed E-state index contributed by atoms with van der Waals surface area (Å²) in [5.41, 5.74) is 4.21. The Morgan fingerprint density at radius 2 is 1.56 bits per heavy atom. The van der Waals surface area contributed by atoms with Gasteiger partial charge in [0.15, 0.2) is 0 Å². The molecule has 0 radical (unpaired) electrons. The van der Waals surface area contributed by atoms with Crippen LogP contribution in [-0.2, 0) is 27.1 Å². The lowest BCUT2D eigenvalue weighted by molar-refractivity contribution is 0.133. The molecule has 1 aliphatic heterocycles. The quantitative estimate of drug-likeness (QED) is 0.258. The van der Waals surface area contributed by atoms with Gasteiger partial charge in [0, 0.05) is 5.30 Å². The van der Waals surface area contributed by atoms with E-state index in [0.717, 1.165) is 27.6 Å². The maximum absolute atomic E-state index is 12.3. The van der Waals surface area contributed by atoms with Crippen LogP contribution in [0, 0.1) is 0 Å². The van der Waals surface area contributed by atoms with E-state index in [-0.39, 0.29) is 18.8 Å². The van der Waals surface area contributed by atoms with Gasteiger partial charge < -0.3 is 19.4 Å². The highest BCUT2D eigenvalue weighted by Crippen LogP contribution is 2.34. The number of rotatable bonds is 9. The normalized spacial score (nSPS) is 16.2. The lowest BCUT2D eigenvalue weighted by Crippen LogP contribution is -2.40. The average Bonchev–Trinajstić information content (AvgIpc) is 3.68. The molecule has 1 aliphatic rings. The summed E-state index contributed by atoms with van der Waals surface area (Å²) < 4.78 is 23.0. The standard InChI is InChI=1S/C28H30NO4P/c1-34(2,31)25-16-14-22(15-17-25)9-8-21-10-12-23(13-11-21)18-26(27-20-32-27)29-28(30)33-19-24-6-4-3-5-7-24/h3-17,26-27H,18-20H2,1-2H3,(H,29,30)/b9-8+/t26-,27+/m0/s1. The van der Waals surface area contributed by atoms with E-state index in [4.69, 9.17) is 9.47 Å². The molecule has 3 aromatic carbocycles. The highest BCUT2D eigenvalue weighted by atomic mass is 31.2. The number of hydrogen-bond acceptors (Lipinski definition) is 4. The average molecular weight is 476 g/mol. The fourth-order valence-corrected chi connectivity index (χ4v) is 4.50. The third kappa shape index (κ3) is 7.18. The molecule has 1 N–H and O–H groups in total. The molecule has 176 valence electrons. The molecular formula is C28H30NO4P. The summed E-state index contributed by atoms with van der Waals surface area (Å²) in [6, 6.07) is 25.6. The Kier molecular flexibility index (Phi) is 7.66. The second kappa shape index (κ2) is 10.9. The van der Waals surface area contributed by atoms with Gasteiger partial charge in [-0.3, -0.25) is 0 Å². The minimum Gasteiger partial charge on any atom is -0.445 e. The van der Waals surface area contributed by atoms with Crippen molar-refractivity contribution in [3.05, 3.63) is 101 Å². The number of carbonyl (C=O) groups excluding carboxylic acids is 1. The molecule has 1 heterocycles. The van der Waals surface area contributed by atoms with E-state index < -0.39 is 13.2 Å². The Morgan fingerprint density at radius 1 is 0.971 bits per heavy atom.